The number of aliphatic imine (C=N–C) groups is 1. The van der Waals surface area contributed by atoms with E-state index in [1.54, 1.807) is 0 Å². The van der Waals surface area contributed by atoms with Crippen molar-refractivity contribution in [3.05, 3.63) is 35.9 Å². The molecule has 0 bridgehead atoms. The van der Waals surface area contributed by atoms with Crippen molar-refractivity contribution in [3.63, 3.8) is 0 Å². The molecular formula is C20H35N5. The van der Waals surface area contributed by atoms with E-state index in [9.17, 15) is 0 Å². The average Bonchev–Trinajstić information content (AvgIpc) is 2.59. The lowest BCUT2D eigenvalue weighted by Gasteiger charge is -2.34. The van der Waals surface area contributed by atoms with E-state index in [0.29, 0.717) is 0 Å². The van der Waals surface area contributed by atoms with Gasteiger partial charge in [0.25, 0.3) is 0 Å². The maximum atomic E-state index is 4.71. The molecule has 25 heavy (non-hydrogen) atoms. The second-order valence-corrected chi connectivity index (χ2v) is 7.28. The number of rotatable bonds is 7. The van der Waals surface area contributed by atoms with Crippen LogP contribution in [0.3, 0.4) is 0 Å². The highest BCUT2D eigenvalue weighted by molar-refractivity contribution is 5.79. The summed E-state index contributed by atoms with van der Waals surface area (Å²) in [6, 6.07) is 10.8. The van der Waals surface area contributed by atoms with Crippen LogP contribution in [0.5, 0.6) is 0 Å². The largest absolute Gasteiger partial charge is 0.349 e. The summed E-state index contributed by atoms with van der Waals surface area (Å²) in [7, 11) is 8.20. The summed E-state index contributed by atoms with van der Waals surface area (Å²) >= 11 is 0. The molecule has 1 saturated heterocycles. The minimum Gasteiger partial charge on any atom is -0.349 e. The quantitative estimate of drug-likeness (QED) is 0.429. The predicted octanol–water partition coefficient (Wildman–Crippen LogP) is 2.06. The van der Waals surface area contributed by atoms with Crippen LogP contribution in [0, 0.1) is 0 Å². The van der Waals surface area contributed by atoms with E-state index in [1.165, 1.54) is 44.7 Å². The third-order valence-corrected chi connectivity index (χ3v) is 4.65. The zero-order valence-corrected chi connectivity index (χ0v) is 16.5. The zero-order chi connectivity index (χ0) is 18.1. The Bertz CT molecular complexity index is 494. The van der Waals surface area contributed by atoms with E-state index in [2.05, 4.69) is 49.9 Å². The zero-order valence-electron chi connectivity index (χ0n) is 16.5. The first-order valence-corrected chi connectivity index (χ1v) is 9.44. The smallest absolute Gasteiger partial charge is 0.195 e. The van der Waals surface area contributed by atoms with Crippen molar-refractivity contribution in [2.24, 2.45) is 4.99 Å². The second kappa shape index (κ2) is 10.4. The molecule has 0 aromatic heterocycles. The van der Waals surface area contributed by atoms with Crippen molar-refractivity contribution in [2.75, 3.05) is 67.5 Å². The molecule has 1 aliphatic heterocycles. The fourth-order valence-electron chi connectivity index (χ4n) is 3.32. The maximum Gasteiger partial charge on any atom is 0.195 e. The Morgan fingerprint density at radius 3 is 2.08 bits per heavy atom. The number of unbranched alkanes of at least 4 members (excludes halogenated alkanes) is 1. The number of benzene rings is 1. The minimum atomic E-state index is 0.916. The molecule has 0 spiro atoms. The molecule has 2 rings (SSSR count). The number of piperazine rings is 1. The summed E-state index contributed by atoms with van der Waals surface area (Å²) in [6.07, 6.45) is 2.39. The molecule has 1 heterocycles. The van der Waals surface area contributed by atoms with Crippen molar-refractivity contribution in [3.8, 4) is 0 Å². The molecule has 0 unspecified atom stereocenters. The van der Waals surface area contributed by atoms with E-state index in [1.807, 2.05) is 28.2 Å². The van der Waals surface area contributed by atoms with Gasteiger partial charge in [-0.25, -0.2) is 0 Å². The third-order valence-electron chi connectivity index (χ3n) is 4.65. The first kappa shape index (κ1) is 19.7. The van der Waals surface area contributed by atoms with Crippen LogP contribution in [0.4, 0.5) is 0 Å². The Balaban J connectivity index is 1.60. The Morgan fingerprint density at radius 1 is 0.880 bits per heavy atom. The Kier molecular flexibility index (Phi) is 8.22. The van der Waals surface area contributed by atoms with Gasteiger partial charge < -0.3 is 14.7 Å². The molecule has 0 saturated carbocycles. The molecule has 1 aliphatic rings. The van der Waals surface area contributed by atoms with E-state index in [4.69, 9.17) is 4.99 Å². The van der Waals surface area contributed by atoms with Gasteiger partial charge in [-0.3, -0.25) is 9.89 Å². The standard InChI is InChI=1S/C20H35N5/c1-22(2)20(23(3)4)21-12-8-9-13-24-14-16-25(17-15-24)18-19-10-6-5-7-11-19/h5-7,10-11H,8-9,12-18H2,1-4H3. The second-order valence-electron chi connectivity index (χ2n) is 7.28. The molecular weight excluding hydrogens is 310 g/mol. The lowest BCUT2D eigenvalue weighted by Crippen LogP contribution is -2.46. The number of guanidine groups is 1. The summed E-state index contributed by atoms with van der Waals surface area (Å²) in [5, 5.41) is 0. The monoisotopic (exact) mass is 345 g/mol. The van der Waals surface area contributed by atoms with Gasteiger partial charge in [0, 0.05) is 67.5 Å². The van der Waals surface area contributed by atoms with Crippen LogP contribution >= 0.6 is 0 Å². The molecule has 1 aromatic rings. The highest BCUT2D eigenvalue weighted by Gasteiger charge is 2.16. The molecule has 5 nitrogen and oxygen atoms in total. The fourth-order valence-corrected chi connectivity index (χ4v) is 3.32. The SMILES string of the molecule is CN(C)C(=NCCCCN1CCN(Cc2ccccc2)CC1)N(C)C. The minimum absolute atomic E-state index is 0.916. The van der Waals surface area contributed by atoms with Gasteiger partial charge in [-0.15, -0.1) is 0 Å². The Morgan fingerprint density at radius 2 is 1.48 bits per heavy atom. The maximum absolute atomic E-state index is 4.71. The molecule has 140 valence electrons. The van der Waals surface area contributed by atoms with Crippen molar-refractivity contribution in [2.45, 2.75) is 19.4 Å². The lowest BCUT2D eigenvalue weighted by atomic mass is 10.2. The van der Waals surface area contributed by atoms with E-state index < -0.39 is 0 Å². The van der Waals surface area contributed by atoms with Crippen LogP contribution in [0.25, 0.3) is 0 Å². The van der Waals surface area contributed by atoms with Gasteiger partial charge in [-0.1, -0.05) is 30.3 Å². The highest BCUT2D eigenvalue weighted by Crippen LogP contribution is 2.09. The van der Waals surface area contributed by atoms with Gasteiger partial charge in [0.15, 0.2) is 5.96 Å². The molecule has 5 heteroatoms. The van der Waals surface area contributed by atoms with Gasteiger partial charge >= 0.3 is 0 Å². The van der Waals surface area contributed by atoms with Gasteiger partial charge in [-0.05, 0) is 24.9 Å². The predicted molar refractivity (Wildman–Crippen MR) is 107 cm³/mol. The van der Waals surface area contributed by atoms with Gasteiger partial charge in [0.05, 0.1) is 0 Å². The molecule has 1 fully saturated rings. The van der Waals surface area contributed by atoms with Crippen LogP contribution in [0.2, 0.25) is 0 Å². The van der Waals surface area contributed by atoms with Crippen LogP contribution < -0.4 is 0 Å². The normalized spacial score (nSPS) is 15.8. The van der Waals surface area contributed by atoms with Crippen LogP contribution in [0.1, 0.15) is 18.4 Å². The third kappa shape index (κ3) is 7.04. The lowest BCUT2D eigenvalue weighted by molar-refractivity contribution is 0.126. The molecule has 1 aromatic carbocycles. The van der Waals surface area contributed by atoms with Crippen LogP contribution in [-0.2, 0) is 6.54 Å². The Hall–Kier alpha value is -1.59. The molecule has 0 atom stereocenters. The van der Waals surface area contributed by atoms with Crippen molar-refractivity contribution in [1.82, 2.24) is 19.6 Å². The summed E-state index contributed by atoms with van der Waals surface area (Å²) in [6.45, 7) is 7.94. The molecule has 0 amide bonds. The molecule has 0 radical (unpaired) electrons. The topological polar surface area (TPSA) is 25.3 Å². The fraction of sp³-hybridized carbons (Fsp3) is 0.650. The van der Waals surface area contributed by atoms with Crippen LogP contribution in [-0.4, -0.2) is 93.0 Å². The summed E-state index contributed by atoms with van der Waals surface area (Å²) in [4.78, 5) is 14.0. The van der Waals surface area contributed by atoms with E-state index >= 15 is 0 Å². The van der Waals surface area contributed by atoms with Crippen molar-refractivity contribution in [1.29, 1.82) is 0 Å². The number of nitrogens with zero attached hydrogens (tertiary/aromatic N) is 5. The van der Waals surface area contributed by atoms with Crippen molar-refractivity contribution < 1.29 is 0 Å². The van der Waals surface area contributed by atoms with Crippen LogP contribution in [0.15, 0.2) is 35.3 Å². The van der Waals surface area contributed by atoms with Gasteiger partial charge in [0.2, 0.25) is 0 Å². The first-order chi connectivity index (χ1) is 12.1. The number of hydrogen-bond acceptors (Lipinski definition) is 3. The van der Waals surface area contributed by atoms with Crippen molar-refractivity contribution >= 4 is 5.96 Å². The summed E-state index contributed by atoms with van der Waals surface area (Å²) < 4.78 is 0. The summed E-state index contributed by atoms with van der Waals surface area (Å²) in [5.41, 5.74) is 1.42. The Labute approximate surface area is 153 Å². The van der Waals surface area contributed by atoms with Gasteiger partial charge in [-0.2, -0.15) is 0 Å². The highest BCUT2D eigenvalue weighted by atomic mass is 15.3. The van der Waals surface area contributed by atoms with E-state index in [0.717, 1.165) is 25.5 Å². The average molecular weight is 346 g/mol. The van der Waals surface area contributed by atoms with Gasteiger partial charge in [0.1, 0.15) is 0 Å². The molecule has 0 N–H and O–H groups in total. The molecule has 0 aliphatic carbocycles. The van der Waals surface area contributed by atoms with E-state index in [-0.39, 0.29) is 0 Å². The summed E-state index contributed by atoms with van der Waals surface area (Å²) in [5.74, 6) is 1.05. The first-order valence-electron chi connectivity index (χ1n) is 9.44. The number of hydrogen-bond donors (Lipinski definition) is 0.